The van der Waals surface area contributed by atoms with E-state index in [4.69, 9.17) is 9.47 Å². The van der Waals surface area contributed by atoms with E-state index in [-0.39, 0.29) is 24.2 Å². The van der Waals surface area contributed by atoms with Crippen molar-refractivity contribution in [3.8, 4) is 5.75 Å². The molecule has 0 aromatic carbocycles. The Balaban J connectivity index is 1.50. The van der Waals surface area contributed by atoms with Crippen molar-refractivity contribution >= 4 is 5.91 Å². The maximum Gasteiger partial charge on any atom is 0.255 e. The third-order valence-electron chi connectivity index (χ3n) is 4.84. The van der Waals surface area contributed by atoms with Crippen molar-refractivity contribution in [2.45, 2.75) is 38.0 Å². The zero-order valence-corrected chi connectivity index (χ0v) is 14.2. The third kappa shape index (κ3) is 3.22. The van der Waals surface area contributed by atoms with Crippen molar-refractivity contribution in [3.05, 3.63) is 54.1 Å². The average Bonchev–Trinajstić information content (AvgIpc) is 3.05. The highest BCUT2D eigenvalue weighted by Crippen LogP contribution is 2.33. The number of hydrogen-bond donors (Lipinski definition) is 0. The average molecular weight is 339 g/mol. The van der Waals surface area contributed by atoms with Crippen LogP contribution in [-0.2, 0) is 4.74 Å². The molecule has 25 heavy (non-hydrogen) atoms. The Labute approximate surface area is 146 Å². The molecular formula is C19H21N3O3. The maximum atomic E-state index is 12.9. The lowest BCUT2D eigenvalue weighted by atomic mass is 10.1. The highest BCUT2D eigenvalue weighted by atomic mass is 16.5. The minimum atomic E-state index is -0.101. The Morgan fingerprint density at radius 3 is 3.00 bits per heavy atom. The Kier molecular flexibility index (Phi) is 4.36. The van der Waals surface area contributed by atoms with E-state index in [1.807, 2.05) is 30.0 Å². The van der Waals surface area contributed by atoms with Gasteiger partial charge in [0.1, 0.15) is 18.0 Å². The summed E-state index contributed by atoms with van der Waals surface area (Å²) in [6.07, 6.45) is 8.40. The number of rotatable bonds is 3. The monoisotopic (exact) mass is 339 g/mol. The highest BCUT2D eigenvalue weighted by Gasteiger charge is 2.45. The van der Waals surface area contributed by atoms with Gasteiger partial charge in [-0.05, 0) is 43.5 Å². The summed E-state index contributed by atoms with van der Waals surface area (Å²) < 4.78 is 12.0. The van der Waals surface area contributed by atoms with E-state index >= 15 is 0 Å². The number of carbonyl (C=O) groups is 1. The SMILES string of the molecule is Cc1cncc(C(=O)N2CCO[C@H]3[C@@H](Oc4cccnc4)CC[C@@H]32)c1. The quantitative estimate of drug-likeness (QED) is 0.858. The van der Waals surface area contributed by atoms with Crippen LogP contribution < -0.4 is 4.74 Å². The van der Waals surface area contributed by atoms with Crippen LogP contribution in [0.25, 0.3) is 0 Å². The van der Waals surface area contributed by atoms with Crippen molar-refractivity contribution in [2.75, 3.05) is 13.2 Å². The van der Waals surface area contributed by atoms with Crippen LogP contribution in [0.15, 0.2) is 43.0 Å². The van der Waals surface area contributed by atoms with Gasteiger partial charge in [0.25, 0.3) is 5.91 Å². The molecule has 0 radical (unpaired) electrons. The molecule has 1 amide bonds. The molecule has 1 aliphatic carbocycles. The number of carbonyl (C=O) groups excluding carboxylic acids is 1. The number of hydrogen-bond acceptors (Lipinski definition) is 5. The Morgan fingerprint density at radius 1 is 1.28 bits per heavy atom. The number of aromatic nitrogens is 2. The van der Waals surface area contributed by atoms with Crippen molar-refractivity contribution in [1.82, 2.24) is 14.9 Å². The molecule has 2 fully saturated rings. The summed E-state index contributed by atoms with van der Waals surface area (Å²) in [5.41, 5.74) is 1.62. The Hall–Kier alpha value is -2.47. The van der Waals surface area contributed by atoms with Gasteiger partial charge in [-0.1, -0.05) is 0 Å². The van der Waals surface area contributed by atoms with E-state index in [0.717, 1.165) is 24.2 Å². The van der Waals surface area contributed by atoms with Crippen LogP contribution in [0.2, 0.25) is 0 Å². The molecule has 6 nitrogen and oxygen atoms in total. The second-order valence-electron chi connectivity index (χ2n) is 6.57. The van der Waals surface area contributed by atoms with Gasteiger partial charge in [0.15, 0.2) is 0 Å². The fourth-order valence-electron chi connectivity index (χ4n) is 3.72. The Morgan fingerprint density at radius 2 is 2.20 bits per heavy atom. The van der Waals surface area contributed by atoms with Crippen molar-refractivity contribution in [3.63, 3.8) is 0 Å². The number of aryl methyl sites for hydroxylation is 1. The van der Waals surface area contributed by atoms with Crippen LogP contribution in [0.5, 0.6) is 5.75 Å². The van der Waals surface area contributed by atoms with E-state index < -0.39 is 0 Å². The second kappa shape index (κ2) is 6.80. The minimum Gasteiger partial charge on any atom is -0.486 e. The van der Waals surface area contributed by atoms with E-state index in [1.165, 1.54) is 0 Å². The normalized spacial score (nSPS) is 25.5. The zero-order valence-electron chi connectivity index (χ0n) is 14.2. The summed E-state index contributed by atoms with van der Waals surface area (Å²) in [6.45, 7) is 3.08. The molecule has 0 spiro atoms. The standard InChI is InChI=1S/C19H21N3O3/c1-13-9-14(11-21-10-13)19(23)22-7-8-24-18-16(22)4-5-17(18)25-15-3-2-6-20-12-15/h2-3,6,9-12,16-18H,4-5,7-8H2,1H3/t16-,17-,18+/m0/s1. The van der Waals surface area contributed by atoms with Gasteiger partial charge in [0, 0.05) is 25.1 Å². The molecule has 1 aliphatic heterocycles. The predicted octanol–water partition coefficient (Wildman–Crippen LogP) is 2.24. The van der Waals surface area contributed by atoms with Crippen LogP contribution in [-0.4, -0.2) is 52.2 Å². The molecule has 4 rings (SSSR count). The predicted molar refractivity (Wildman–Crippen MR) is 91.4 cm³/mol. The molecule has 1 saturated heterocycles. The minimum absolute atomic E-state index is 0.0246. The molecule has 6 heteroatoms. The van der Waals surface area contributed by atoms with Crippen LogP contribution in [0.1, 0.15) is 28.8 Å². The fraction of sp³-hybridized carbons (Fsp3) is 0.421. The highest BCUT2D eigenvalue weighted by molar-refractivity contribution is 5.94. The number of ether oxygens (including phenoxy) is 2. The Bertz CT molecular complexity index is 753. The van der Waals surface area contributed by atoms with Gasteiger partial charge in [0.05, 0.1) is 24.4 Å². The van der Waals surface area contributed by atoms with E-state index in [2.05, 4.69) is 9.97 Å². The lowest BCUT2D eigenvalue weighted by molar-refractivity contribution is -0.0786. The lowest BCUT2D eigenvalue weighted by Gasteiger charge is -2.39. The molecule has 3 heterocycles. The van der Waals surface area contributed by atoms with Gasteiger partial charge in [-0.2, -0.15) is 0 Å². The van der Waals surface area contributed by atoms with Crippen molar-refractivity contribution < 1.29 is 14.3 Å². The smallest absolute Gasteiger partial charge is 0.255 e. The summed E-state index contributed by atoms with van der Waals surface area (Å²) in [5.74, 6) is 0.764. The number of morpholine rings is 1. The summed E-state index contributed by atoms with van der Waals surface area (Å²) in [4.78, 5) is 23.1. The summed E-state index contributed by atoms with van der Waals surface area (Å²) in [6, 6.07) is 5.68. The van der Waals surface area contributed by atoms with Crippen LogP contribution >= 0.6 is 0 Å². The van der Waals surface area contributed by atoms with Crippen LogP contribution in [0.4, 0.5) is 0 Å². The number of nitrogens with zero attached hydrogens (tertiary/aromatic N) is 3. The first-order chi connectivity index (χ1) is 12.2. The van der Waals surface area contributed by atoms with Crippen LogP contribution in [0.3, 0.4) is 0 Å². The van der Waals surface area contributed by atoms with Gasteiger partial charge >= 0.3 is 0 Å². The topological polar surface area (TPSA) is 64.6 Å². The van der Waals surface area contributed by atoms with Gasteiger partial charge in [-0.15, -0.1) is 0 Å². The third-order valence-corrected chi connectivity index (χ3v) is 4.84. The summed E-state index contributed by atoms with van der Waals surface area (Å²) in [7, 11) is 0. The zero-order chi connectivity index (χ0) is 17.2. The van der Waals surface area contributed by atoms with Crippen LogP contribution in [0, 0.1) is 6.92 Å². The summed E-state index contributed by atoms with van der Waals surface area (Å²) in [5, 5.41) is 0. The molecule has 3 atom stereocenters. The first kappa shape index (κ1) is 16.0. The van der Waals surface area contributed by atoms with E-state index in [0.29, 0.717) is 18.7 Å². The first-order valence-electron chi connectivity index (χ1n) is 8.63. The molecule has 130 valence electrons. The lowest BCUT2D eigenvalue weighted by Crippen LogP contribution is -2.54. The molecule has 2 aromatic heterocycles. The van der Waals surface area contributed by atoms with E-state index in [1.54, 1.807) is 24.8 Å². The first-order valence-corrected chi connectivity index (χ1v) is 8.63. The fourth-order valence-corrected chi connectivity index (χ4v) is 3.72. The summed E-state index contributed by atoms with van der Waals surface area (Å²) >= 11 is 0. The number of fused-ring (bicyclic) bond motifs is 1. The van der Waals surface area contributed by atoms with Gasteiger partial charge < -0.3 is 14.4 Å². The maximum absolute atomic E-state index is 12.9. The molecule has 1 saturated carbocycles. The van der Waals surface area contributed by atoms with E-state index in [9.17, 15) is 4.79 Å². The van der Waals surface area contributed by atoms with Gasteiger partial charge in [-0.3, -0.25) is 14.8 Å². The number of pyridine rings is 2. The largest absolute Gasteiger partial charge is 0.486 e. The van der Waals surface area contributed by atoms with Gasteiger partial charge in [0.2, 0.25) is 0 Å². The molecule has 0 N–H and O–H groups in total. The van der Waals surface area contributed by atoms with Crippen molar-refractivity contribution in [1.29, 1.82) is 0 Å². The van der Waals surface area contributed by atoms with Crippen molar-refractivity contribution in [2.24, 2.45) is 0 Å². The molecule has 2 aromatic rings. The number of amides is 1. The molecule has 2 aliphatic rings. The second-order valence-corrected chi connectivity index (χ2v) is 6.57. The van der Waals surface area contributed by atoms with Gasteiger partial charge in [-0.25, -0.2) is 0 Å². The molecular weight excluding hydrogens is 318 g/mol. The molecule has 0 unspecified atom stereocenters. The molecule has 0 bridgehead atoms.